The number of benzene rings is 1. The number of unbranched alkanes of at least 4 members (excludes halogenated alkanes) is 2. The average molecular weight is 409 g/mol. The largest absolute Gasteiger partial charge is 0.416 e. The Bertz CT molecular complexity index is 573. The molecule has 1 aromatic rings. The lowest BCUT2D eigenvalue weighted by molar-refractivity contribution is -0.137. The van der Waals surface area contributed by atoms with Gasteiger partial charge in [-0.05, 0) is 67.1 Å². The lowest BCUT2D eigenvalue weighted by Crippen LogP contribution is -2.18. The molecule has 0 radical (unpaired) electrons. The molecule has 2 aliphatic rings. The van der Waals surface area contributed by atoms with Gasteiger partial charge in [0.05, 0.1) is 5.56 Å². The fourth-order valence-electron chi connectivity index (χ4n) is 5.69. The molecule has 2 saturated carbocycles. The van der Waals surface area contributed by atoms with E-state index in [1.807, 2.05) is 0 Å². The van der Waals surface area contributed by atoms with Crippen molar-refractivity contribution in [3.05, 3.63) is 35.4 Å². The summed E-state index contributed by atoms with van der Waals surface area (Å²) in [4.78, 5) is 0. The van der Waals surface area contributed by atoms with E-state index in [1.165, 1.54) is 89.2 Å². The summed E-state index contributed by atoms with van der Waals surface area (Å²) in [5.74, 6) is 3.23. The summed E-state index contributed by atoms with van der Waals surface area (Å²) in [6.07, 6.45) is 14.7. The van der Waals surface area contributed by atoms with Gasteiger partial charge >= 0.3 is 6.18 Å². The highest BCUT2D eigenvalue weighted by molar-refractivity contribution is 5.27. The number of halogens is 3. The van der Waals surface area contributed by atoms with Gasteiger partial charge in [-0.25, -0.2) is 0 Å². The minimum Gasteiger partial charge on any atom is -0.166 e. The molecule has 0 saturated heterocycles. The van der Waals surface area contributed by atoms with E-state index in [0.29, 0.717) is 5.92 Å². The van der Waals surface area contributed by atoms with Crippen LogP contribution in [0.15, 0.2) is 24.3 Å². The zero-order chi connectivity index (χ0) is 20.7. The van der Waals surface area contributed by atoms with E-state index >= 15 is 0 Å². The van der Waals surface area contributed by atoms with Crippen molar-refractivity contribution >= 4 is 0 Å². The minimum atomic E-state index is -4.23. The Balaban J connectivity index is 1.33. The normalized spacial score (nSPS) is 28.4. The van der Waals surface area contributed by atoms with Gasteiger partial charge in [-0.15, -0.1) is 0 Å². The fraction of sp³-hybridized carbons (Fsp3) is 0.769. The molecular weight excluding hydrogens is 369 g/mol. The maximum Gasteiger partial charge on any atom is 0.416 e. The van der Waals surface area contributed by atoms with Crippen LogP contribution in [0.3, 0.4) is 0 Å². The molecular formula is C26H39F3. The first-order valence-electron chi connectivity index (χ1n) is 12.1. The minimum absolute atomic E-state index is 0.451. The van der Waals surface area contributed by atoms with Gasteiger partial charge in [0, 0.05) is 0 Å². The third-order valence-corrected chi connectivity index (χ3v) is 7.72. The highest BCUT2D eigenvalue weighted by Crippen LogP contribution is 2.41. The molecule has 1 aromatic carbocycles. The molecule has 0 spiro atoms. The SMILES string of the molecule is CCCCCC1CCC(CCC2CCC(c3ccc(C(F)(F)F)cc3)CC2)CC1. The molecule has 0 unspecified atom stereocenters. The summed E-state index contributed by atoms with van der Waals surface area (Å²) in [6.45, 7) is 2.29. The second kappa shape index (κ2) is 10.9. The Kier molecular flexibility index (Phi) is 8.50. The van der Waals surface area contributed by atoms with Crippen LogP contribution in [0.2, 0.25) is 0 Å². The summed E-state index contributed by atoms with van der Waals surface area (Å²) in [7, 11) is 0. The summed E-state index contributed by atoms with van der Waals surface area (Å²) in [5.41, 5.74) is 0.563. The van der Waals surface area contributed by atoms with E-state index < -0.39 is 11.7 Å². The van der Waals surface area contributed by atoms with Crippen LogP contribution in [-0.2, 0) is 6.18 Å². The second-order valence-electron chi connectivity index (χ2n) is 9.80. The van der Waals surface area contributed by atoms with Crippen molar-refractivity contribution in [2.24, 2.45) is 17.8 Å². The van der Waals surface area contributed by atoms with E-state index in [4.69, 9.17) is 0 Å². The molecule has 0 N–H and O–H groups in total. The van der Waals surface area contributed by atoms with Gasteiger partial charge in [0.15, 0.2) is 0 Å². The molecule has 0 aromatic heterocycles. The molecule has 0 amide bonds. The molecule has 3 rings (SSSR count). The topological polar surface area (TPSA) is 0 Å². The van der Waals surface area contributed by atoms with Gasteiger partial charge < -0.3 is 0 Å². The van der Waals surface area contributed by atoms with Gasteiger partial charge in [0.2, 0.25) is 0 Å². The molecule has 0 nitrogen and oxygen atoms in total. The van der Waals surface area contributed by atoms with Gasteiger partial charge in [0.1, 0.15) is 0 Å². The van der Waals surface area contributed by atoms with Crippen molar-refractivity contribution in [2.75, 3.05) is 0 Å². The highest BCUT2D eigenvalue weighted by atomic mass is 19.4. The molecule has 29 heavy (non-hydrogen) atoms. The Morgan fingerprint density at radius 2 is 1.17 bits per heavy atom. The number of hydrogen-bond acceptors (Lipinski definition) is 0. The van der Waals surface area contributed by atoms with Crippen LogP contribution in [0, 0.1) is 17.8 Å². The Morgan fingerprint density at radius 1 is 0.690 bits per heavy atom. The first-order valence-corrected chi connectivity index (χ1v) is 12.1. The monoisotopic (exact) mass is 408 g/mol. The average Bonchev–Trinajstić information content (AvgIpc) is 2.73. The van der Waals surface area contributed by atoms with Crippen molar-refractivity contribution in [3.8, 4) is 0 Å². The predicted molar refractivity (Wildman–Crippen MR) is 115 cm³/mol. The third-order valence-electron chi connectivity index (χ3n) is 7.72. The molecule has 3 heteroatoms. The van der Waals surface area contributed by atoms with Crippen LogP contribution >= 0.6 is 0 Å². The zero-order valence-electron chi connectivity index (χ0n) is 18.2. The van der Waals surface area contributed by atoms with Crippen molar-refractivity contribution in [1.29, 1.82) is 0 Å². The van der Waals surface area contributed by atoms with Crippen LogP contribution in [0.4, 0.5) is 13.2 Å². The van der Waals surface area contributed by atoms with Gasteiger partial charge in [-0.2, -0.15) is 13.2 Å². The molecule has 164 valence electrons. The number of hydrogen-bond donors (Lipinski definition) is 0. The number of alkyl halides is 3. The van der Waals surface area contributed by atoms with E-state index in [-0.39, 0.29) is 0 Å². The van der Waals surface area contributed by atoms with Crippen LogP contribution in [0.1, 0.15) is 114 Å². The molecule has 0 aliphatic heterocycles. The zero-order valence-corrected chi connectivity index (χ0v) is 18.2. The van der Waals surface area contributed by atoms with Crippen molar-refractivity contribution < 1.29 is 13.2 Å². The first kappa shape index (κ1) is 22.7. The molecule has 0 atom stereocenters. The van der Waals surface area contributed by atoms with Gasteiger partial charge in [-0.3, -0.25) is 0 Å². The summed E-state index contributed by atoms with van der Waals surface area (Å²) in [6, 6.07) is 5.90. The lowest BCUT2D eigenvalue weighted by atomic mass is 9.74. The van der Waals surface area contributed by atoms with Crippen LogP contribution in [0.25, 0.3) is 0 Å². The number of rotatable bonds is 8. The molecule has 2 aliphatic carbocycles. The summed E-state index contributed by atoms with van der Waals surface area (Å²) >= 11 is 0. The second-order valence-corrected chi connectivity index (χ2v) is 9.80. The van der Waals surface area contributed by atoms with Crippen molar-refractivity contribution in [3.63, 3.8) is 0 Å². The first-order chi connectivity index (χ1) is 14.0. The standard InChI is InChI=1S/C26H39F3/c1-2-3-4-5-20-6-8-21(9-7-20)10-11-22-12-14-23(15-13-22)24-16-18-25(19-17-24)26(27,28)29/h16-23H,2-15H2,1H3. The van der Waals surface area contributed by atoms with E-state index in [1.54, 1.807) is 12.1 Å². The van der Waals surface area contributed by atoms with Gasteiger partial charge in [0.25, 0.3) is 0 Å². The Morgan fingerprint density at radius 3 is 1.66 bits per heavy atom. The maximum atomic E-state index is 12.7. The predicted octanol–water partition coefficient (Wildman–Crippen LogP) is 9.15. The summed E-state index contributed by atoms with van der Waals surface area (Å²) < 4.78 is 38.2. The van der Waals surface area contributed by atoms with Crippen molar-refractivity contribution in [2.45, 2.75) is 109 Å². The molecule has 0 heterocycles. The maximum absolute atomic E-state index is 12.7. The van der Waals surface area contributed by atoms with Crippen LogP contribution in [-0.4, -0.2) is 0 Å². The Labute approximate surface area is 175 Å². The Hall–Kier alpha value is -0.990. The van der Waals surface area contributed by atoms with E-state index in [9.17, 15) is 13.2 Å². The van der Waals surface area contributed by atoms with Gasteiger partial charge in [-0.1, -0.05) is 83.3 Å². The fourth-order valence-corrected chi connectivity index (χ4v) is 5.69. The van der Waals surface area contributed by atoms with Crippen LogP contribution < -0.4 is 0 Å². The van der Waals surface area contributed by atoms with E-state index in [0.717, 1.165) is 36.2 Å². The van der Waals surface area contributed by atoms with Crippen LogP contribution in [0.5, 0.6) is 0 Å². The quantitative estimate of drug-likeness (QED) is 0.376. The summed E-state index contributed by atoms with van der Waals surface area (Å²) in [5, 5.41) is 0. The van der Waals surface area contributed by atoms with Crippen molar-refractivity contribution in [1.82, 2.24) is 0 Å². The highest BCUT2D eigenvalue weighted by Gasteiger charge is 2.31. The van der Waals surface area contributed by atoms with E-state index in [2.05, 4.69) is 6.92 Å². The lowest BCUT2D eigenvalue weighted by Gasteiger charge is -2.32. The molecule has 0 bridgehead atoms. The smallest absolute Gasteiger partial charge is 0.166 e. The third kappa shape index (κ3) is 7.03. The molecule has 2 fully saturated rings.